The molecule has 0 saturated heterocycles. The number of nitrogens with two attached hydrogens (primary N) is 1. The number of hydrogen-bond donors (Lipinski definition) is 1. The normalized spacial score (nSPS) is 12.8. The van der Waals surface area contributed by atoms with E-state index in [-0.39, 0.29) is 11.7 Å². The highest BCUT2D eigenvalue weighted by molar-refractivity contribution is 7.90. The van der Waals surface area contributed by atoms with Gasteiger partial charge in [-0.05, 0) is 46.7 Å². The first-order valence-corrected chi connectivity index (χ1v) is 10.9. The summed E-state index contributed by atoms with van der Waals surface area (Å²) in [6.45, 7) is 0. The Bertz CT molecular complexity index is 1070. The lowest BCUT2D eigenvalue weighted by Gasteiger charge is -2.19. The van der Waals surface area contributed by atoms with Crippen LogP contribution in [0.1, 0.15) is 33.8 Å². The highest BCUT2D eigenvalue weighted by Crippen LogP contribution is 2.29. The minimum Gasteiger partial charge on any atom is -0.366 e. The molecular formula is C22H23NO3S. The van der Waals surface area contributed by atoms with Crippen LogP contribution in [0.4, 0.5) is 0 Å². The number of primary amides is 1. The van der Waals surface area contributed by atoms with Gasteiger partial charge in [-0.3, -0.25) is 4.79 Å². The molecule has 3 aromatic rings. The zero-order valence-electron chi connectivity index (χ0n) is 15.3. The summed E-state index contributed by atoms with van der Waals surface area (Å²) in [5.74, 6) is -0.390. The molecule has 1 unspecified atom stereocenters. The largest absolute Gasteiger partial charge is 0.366 e. The Balaban J connectivity index is 1.98. The van der Waals surface area contributed by atoms with E-state index >= 15 is 0 Å². The van der Waals surface area contributed by atoms with Gasteiger partial charge in [0.15, 0.2) is 0 Å². The van der Waals surface area contributed by atoms with Crippen molar-refractivity contribution in [3.63, 3.8) is 0 Å². The van der Waals surface area contributed by atoms with Crippen molar-refractivity contribution in [2.24, 2.45) is 5.73 Å². The number of amides is 1. The minimum absolute atomic E-state index is 0.0233. The first-order chi connectivity index (χ1) is 12.8. The fraction of sp³-hybridized carbons (Fsp3) is 0.227. The minimum atomic E-state index is -3.08. The van der Waals surface area contributed by atoms with Crippen molar-refractivity contribution in [2.45, 2.75) is 18.8 Å². The first-order valence-electron chi connectivity index (χ1n) is 8.87. The molecule has 0 bridgehead atoms. The molecule has 3 aromatic carbocycles. The van der Waals surface area contributed by atoms with Crippen LogP contribution in [0.2, 0.25) is 0 Å². The Morgan fingerprint density at radius 3 is 2.33 bits per heavy atom. The summed E-state index contributed by atoms with van der Waals surface area (Å²) in [5, 5.41) is 2.25. The third-order valence-corrected chi connectivity index (χ3v) is 5.81. The molecule has 1 atom stereocenters. The highest BCUT2D eigenvalue weighted by atomic mass is 32.2. The van der Waals surface area contributed by atoms with Crippen LogP contribution in [0.3, 0.4) is 0 Å². The fourth-order valence-corrected chi connectivity index (χ4v) is 4.12. The van der Waals surface area contributed by atoms with Gasteiger partial charge >= 0.3 is 0 Å². The number of carbonyl (C=O) groups is 1. The van der Waals surface area contributed by atoms with Gasteiger partial charge in [-0.15, -0.1) is 0 Å². The van der Waals surface area contributed by atoms with Crippen molar-refractivity contribution in [3.8, 4) is 0 Å². The maximum atomic E-state index is 11.8. The lowest BCUT2D eigenvalue weighted by molar-refractivity contribution is 0.0999. The van der Waals surface area contributed by atoms with E-state index in [1.54, 1.807) is 12.1 Å². The molecule has 2 N–H and O–H groups in total. The van der Waals surface area contributed by atoms with E-state index < -0.39 is 15.7 Å². The molecule has 1 amide bonds. The van der Waals surface area contributed by atoms with Gasteiger partial charge in [-0.2, -0.15) is 0 Å². The number of hydrogen-bond acceptors (Lipinski definition) is 3. The van der Waals surface area contributed by atoms with Gasteiger partial charge in [0.05, 0.1) is 5.75 Å². The topological polar surface area (TPSA) is 77.2 Å². The number of sulfone groups is 1. The molecule has 0 radical (unpaired) electrons. The van der Waals surface area contributed by atoms with Gasteiger partial charge < -0.3 is 5.73 Å². The van der Waals surface area contributed by atoms with Crippen LogP contribution in [0.5, 0.6) is 0 Å². The summed E-state index contributed by atoms with van der Waals surface area (Å²) in [6, 6.07) is 21.5. The number of carbonyl (C=O) groups excluding carboxylic acids is 1. The van der Waals surface area contributed by atoms with Crippen LogP contribution in [-0.2, 0) is 16.3 Å². The third kappa shape index (κ3) is 4.95. The van der Waals surface area contributed by atoms with Gasteiger partial charge in [-0.25, -0.2) is 8.42 Å². The summed E-state index contributed by atoms with van der Waals surface area (Å²) in [4.78, 5) is 11.8. The van der Waals surface area contributed by atoms with Crippen LogP contribution in [0.15, 0.2) is 66.7 Å². The molecular weight excluding hydrogens is 358 g/mol. The van der Waals surface area contributed by atoms with Crippen molar-refractivity contribution < 1.29 is 13.2 Å². The van der Waals surface area contributed by atoms with Crippen molar-refractivity contribution in [1.29, 1.82) is 0 Å². The maximum absolute atomic E-state index is 11.8. The Hall–Kier alpha value is -2.66. The molecule has 140 valence electrons. The quantitative estimate of drug-likeness (QED) is 0.678. The summed E-state index contributed by atoms with van der Waals surface area (Å²) in [5.41, 5.74) is 7.91. The Morgan fingerprint density at radius 2 is 1.63 bits per heavy atom. The highest BCUT2D eigenvalue weighted by Gasteiger charge is 2.18. The Kier molecular flexibility index (Phi) is 5.61. The average molecular weight is 381 g/mol. The lowest BCUT2D eigenvalue weighted by atomic mass is 9.87. The second-order valence-corrected chi connectivity index (χ2v) is 9.21. The summed E-state index contributed by atoms with van der Waals surface area (Å²) in [6.07, 6.45) is 2.30. The smallest absolute Gasteiger partial charge is 0.248 e. The van der Waals surface area contributed by atoms with Crippen LogP contribution >= 0.6 is 0 Å². The average Bonchev–Trinajstić information content (AvgIpc) is 2.64. The van der Waals surface area contributed by atoms with E-state index in [2.05, 4.69) is 12.1 Å². The molecule has 0 fully saturated rings. The molecule has 0 aliphatic carbocycles. The summed E-state index contributed by atoms with van der Waals surface area (Å²) < 4.78 is 23.5. The number of benzene rings is 3. The number of rotatable bonds is 7. The van der Waals surface area contributed by atoms with E-state index in [1.165, 1.54) is 6.26 Å². The molecule has 0 spiro atoms. The maximum Gasteiger partial charge on any atom is 0.248 e. The van der Waals surface area contributed by atoms with Gasteiger partial charge in [0, 0.05) is 11.8 Å². The van der Waals surface area contributed by atoms with Crippen molar-refractivity contribution in [1.82, 2.24) is 0 Å². The second-order valence-electron chi connectivity index (χ2n) is 6.95. The SMILES string of the molecule is CS(=O)(=O)CCC(Cc1ccccc1C(N)=O)c1ccc2ccccc2c1. The Labute approximate surface area is 159 Å². The monoisotopic (exact) mass is 381 g/mol. The van der Waals surface area contributed by atoms with E-state index in [9.17, 15) is 13.2 Å². The van der Waals surface area contributed by atoms with Crippen molar-refractivity contribution >= 4 is 26.5 Å². The van der Waals surface area contributed by atoms with Crippen molar-refractivity contribution in [2.75, 3.05) is 12.0 Å². The second kappa shape index (κ2) is 7.92. The standard InChI is InChI=1S/C22H23NO3S/c1-27(25,26)13-12-19(15-20-8-4-5-9-21(20)22(23)24)18-11-10-16-6-2-3-7-17(16)14-18/h2-11,14,19H,12-13,15H2,1H3,(H2,23,24). The molecule has 0 aliphatic heterocycles. The van der Waals surface area contributed by atoms with E-state index in [1.807, 2.05) is 42.5 Å². The predicted octanol–water partition coefficient (Wildman–Crippen LogP) is 3.70. The van der Waals surface area contributed by atoms with Crippen LogP contribution in [-0.4, -0.2) is 26.3 Å². The molecule has 27 heavy (non-hydrogen) atoms. The molecule has 0 aliphatic rings. The zero-order chi connectivity index (χ0) is 19.4. The van der Waals surface area contributed by atoms with Gasteiger partial charge in [0.1, 0.15) is 9.84 Å². The van der Waals surface area contributed by atoms with E-state index in [4.69, 9.17) is 5.73 Å². The van der Waals surface area contributed by atoms with E-state index in [0.717, 1.165) is 21.9 Å². The van der Waals surface area contributed by atoms with Crippen LogP contribution in [0, 0.1) is 0 Å². The van der Waals surface area contributed by atoms with E-state index in [0.29, 0.717) is 18.4 Å². The molecule has 0 heterocycles. The van der Waals surface area contributed by atoms with Gasteiger partial charge in [0.2, 0.25) is 5.91 Å². The molecule has 0 saturated carbocycles. The fourth-order valence-electron chi connectivity index (χ4n) is 3.41. The molecule has 0 aromatic heterocycles. The number of fused-ring (bicyclic) bond motifs is 1. The summed E-state index contributed by atoms with van der Waals surface area (Å²) in [7, 11) is -3.08. The molecule has 5 heteroatoms. The van der Waals surface area contributed by atoms with Gasteiger partial charge in [-0.1, -0.05) is 60.7 Å². The third-order valence-electron chi connectivity index (χ3n) is 4.83. The lowest BCUT2D eigenvalue weighted by Crippen LogP contribution is -2.16. The van der Waals surface area contributed by atoms with Crippen molar-refractivity contribution in [3.05, 3.63) is 83.4 Å². The Morgan fingerprint density at radius 1 is 0.963 bits per heavy atom. The molecule has 4 nitrogen and oxygen atoms in total. The van der Waals surface area contributed by atoms with Crippen LogP contribution in [0.25, 0.3) is 10.8 Å². The molecule has 3 rings (SSSR count). The zero-order valence-corrected chi connectivity index (χ0v) is 16.1. The predicted molar refractivity (Wildman–Crippen MR) is 110 cm³/mol. The summed E-state index contributed by atoms with van der Waals surface area (Å²) >= 11 is 0. The van der Waals surface area contributed by atoms with Crippen LogP contribution < -0.4 is 5.73 Å². The van der Waals surface area contributed by atoms with Gasteiger partial charge in [0.25, 0.3) is 0 Å². The first kappa shape index (κ1) is 19.1.